The van der Waals surface area contributed by atoms with Crippen LogP contribution in [0.3, 0.4) is 0 Å². The molecule has 1 aromatic carbocycles. The van der Waals surface area contributed by atoms with E-state index in [2.05, 4.69) is 25.8 Å². The summed E-state index contributed by atoms with van der Waals surface area (Å²) in [5, 5.41) is 20.4. The highest BCUT2D eigenvalue weighted by Crippen LogP contribution is 2.21. The van der Waals surface area contributed by atoms with Crippen LogP contribution in [0, 0.1) is 0 Å². The summed E-state index contributed by atoms with van der Waals surface area (Å²) in [4.78, 5) is 26.6. The fraction of sp³-hybridized carbons (Fsp3) is 0.167. The number of halogens is 1. The zero-order chi connectivity index (χ0) is 15.4. The van der Waals surface area contributed by atoms with E-state index in [4.69, 9.17) is 16.7 Å². The first-order valence-corrected chi connectivity index (χ1v) is 6.31. The van der Waals surface area contributed by atoms with Gasteiger partial charge in [0.1, 0.15) is 12.2 Å². The Morgan fingerprint density at radius 2 is 2.19 bits per heavy atom. The minimum absolute atomic E-state index is 0.0300. The number of carbonyl (C=O) groups is 2. The molecule has 9 heteroatoms. The molecule has 110 valence electrons. The lowest BCUT2D eigenvalue weighted by molar-refractivity contribution is 0.0697. The average molecular weight is 310 g/mol. The van der Waals surface area contributed by atoms with Crippen molar-refractivity contribution in [3.05, 3.63) is 40.9 Å². The molecule has 1 aromatic heterocycles. The number of H-pyrrole nitrogens is 1. The van der Waals surface area contributed by atoms with Crippen LogP contribution < -0.4 is 10.6 Å². The zero-order valence-electron chi connectivity index (χ0n) is 10.9. The Hall–Kier alpha value is -2.61. The van der Waals surface area contributed by atoms with Gasteiger partial charge < -0.3 is 15.7 Å². The summed E-state index contributed by atoms with van der Waals surface area (Å²) < 4.78 is 0. The highest BCUT2D eigenvalue weighted by molar-refractivity contribution is 6.33. The topological polar surface area (TPSA) is 120 Å². The van der Waals surface area contributed by atoms with E-state index in [-0.39, 0.29) is 16.6 Å². The predicted molar refractivity (Wildman–Crippen MR) is 75.4 cm³/mol. The van der Waals surface area contributed by atoms with Crippen molar-refractivity contribution in [3.63, 3.8) is 0 Å². The van der Waals surface area contributed by atoms with Crippen molar-refractivity contribution in [1.82, 2.24) is 20.5 Å². The number of aromatic carboxylic acids is 1. The van der Waals surface area contributed by atoms with Gasteiger partial charge in [0, 0.05) is 5.69 Å². The van der Waals surface area contributed by atoms with Crippen molar-refractivity contribution in [2.45, 2.75) is 13.0 Å². The highest BCUT2D eigenvalue weighted by atomic mass is 35.5. The SMILES string of the molecule is CC(NC(=O)Nc1ccc(C(=O)O)c(Cl)c1)c1ncn[nH]1. The molecule has 0 radical (unpaired) electrons. The number of nitrogens with one attached hydrogen (secondary N) is 3. The van der Waals surface area contributed by atoms with Crippen LogP contribution in [0.25, 0.3) is 0 Å². The molecule has 0 saturated carbocycles. The van der Waals surface area contributed by atoms with Crippen molar-refractivity contribution in [2.75, 3.05) is 5.32 Å². The van der Waals surface area contributed by atoms with Crippen LogP contribution in [-0.4, -0.2) is 32.3 Å². The molecule has 0 aliphatic carbocycles. The van der Waals surface area contributed by atoms with Crippen molar-refractivity contribution >= 4 is 29.3 Å². The fourth-order valence-corrected chi connectivity index (χ4v) is 1.88. The molecule has 1 atom stereocenters. The molecule has 2 amide bonds. The number of carboxylic acid groups (broad SMARTS) is 1. The number of aromatic nitrogens is 3. The van der Waals surface area contributed by atoms with Crippen molar-refractivity contribution in [1.29, 1.82) is 0 Å². The molecule has 0 saturated heterocycles. The summed E-state index contributed by atoms with van der Waals surface area (Å²) in [5.74, 6) is -0.612. The summed E-state index contributed by atoms with van der Waals surface area (Å²) >= 11 is 5.82. The third-order valence-corrected chi connectivity index (χ3v) is 2.96. The van der Waals surface area contributed by atoms with Crippen molar-refractivity contribution < 1.29 is 14.7 Å². The van der Waals surface area contributed by atoms with Gasteiger partial charge in [-0.15, -0.1) is 0 Å². The molecule has 2 aromatic rings. The number of anilines is 1. The van der Waals surface area contributed by atoms with Gasteiger partial charge in [0.05, 0.1) is 16.6 Å². The molecule has 1 heterocycles. The van der Waals surface area contributed by atoms with E-state index in [1.165, 1.54) is 24.5 Å². The fourth-order valence-electron chi connectivity index (χ4n) is 1.62. The molecular formula is C12H12ClN5O3. The number of aromatic amines is 1. The van der Waals surface area contributed by atoms with Crippen molar-refractivity contribution in [2.24, 2.45) is 0 Å². The smallest absolute Gasteiger partial charge is 0.337 e. The first-order chi connectivity index (χ1) is 9.97. The monoisotopic (exact) mass is 309 g/mol. The molecule has 4 N–H and O–H groups in total. The lowest BCUT2D eigenvalue weighted by atomic mass is 10.2. The third-order valence-electron chi connectivity index (χ3n) is 2.65. The number of hydrogen-bond donors (Lipinski definition) is 4. The Bertz CT molecular complexity index is 659. The summed E-state index contributed by atoms with van der Waals surface area (Å²) in [6.45, 7) is 1.74. The molecule has 2 rings (SSSR count). The maximum absolute atomic E-state index is 11.8. The van der Waals surface area contributed by atoms with Gasteiger partial charge in [-0.2, -0.15) is 5.10 Å². The van der Waals surface area contributed by atoms with Crippen LogP contribution in [0.15, 0.2) is 24.5 Å². The van der Waals surface area contributed by atoms with Gasteiger partial charge in [0.15, 0.2) is 0 Å². The van der Waals surface area contributed by atoms with Gasteiger partial charge in [0.2, 0.25) is 0 Å². The number of benzene rings is 1. The summed E-state index contributed by atoms with van der Waals surface area (Å²) in [7, 11) is 0. The molecule has 21 heavy (non-hydrogen) atoms. The number of carbonyl (C=O) groups excluding carboxylic acids is 1. The number of amides is 2. The van der Waals surface area contributed by atoms with Crippen LogP contribution in [0.1, 0.15) is 29.1 Å². The van der Waals surface area contributed by atoms with E-state index in [0.717, 1.165) is 0 Å². The standard InChI is InChI=1S/C12H12ClN5O3/c1-6(10-14-5-15-18-10)16-12(21)17-7-2-3-8(11(19)20)9(13)4-7/h2-6H,1H3,(H,19,20)(H,14,15,18)(H2,16,17,21). The lowest BCUT2D eigenvalue weighted by Crippen LogP contribution is -2.31. The highest BCUT2D eigenvalue weighted by Gasteiger charge is 2.13. The molecule has 0 aliphatic rings. The Labute approximate surface area is 124 Å². The molecule has 0 aliphatic heterocycles. The van der Waals surface area contributed by atoms with Gasteiger partial charge in [-0.05, 0) is 25.1 Å². The first-order valence-electron chi connectivity index (χ1n) is 5.93. The van der Waals surface area contributed by atoms with Crippen LogP contribution in [-0.2, 0) is 0 Å². The number of carboxylic acids is 1. The van der Waals surface area contributed by atoms with E-state index in [0.29, 0.717) is 11.5 Å². The normalized spacial score (nSPS) is 11.7. The minimum Gasteiger partial charge on any atom is -0.478 e. The summed E-state index contributed by atoms with van der Waals surface area (Å²) in [6, 6.07) is 3.30. The molecule has 0 bridgehead atoms. The molecular weight excluding hydrogens is 298 g/mol. The van der Waals surface area contributed by atoms with Gasteiger partial charge in [-0.25, -0.2) is 14.6 Å². The molecule has 1 unspecified atom stereocenters. The average Bonchev–Trinajstić information content (AvgIpc) is 2.91. The molecule has 0 fully saturated rings. The molecule has 0 spiro atoms. The first kappa shape index (κ1) is 14.8. The Balaban J connectivity index is 2.00. The molecule has 8 nitrogen and oxygen atoms in total. The van der Waals surface area contributed by atoms with E-state index in [9.17, 15) is 9.59 Å². The van der Waals surface area contributed by atoms with E-state index >= 15 is 0 Å². The predicted octanol–water partition coefficient (Wildman–Crippen LogP) is 2.04. The number of urea groups is 1. The van der Waals surface area contributed by atoms with Gasteiger partial charge in [-0.3, -0.25) is 5.10 Å². The summed E-state index contributed by atoms with van der Waals surface area (Å²) in [5.41, 5.74) is 0.352. The Morgan fingerprint density at radius 1 is 1.43 bits per heavy atom. The quantitative estimate of drug-likeness (QED) is 0.689. The van der Waals surface area contributed by atoms with Crippen LogP contribution >= 0.6 is 11.6 Å². The second kappa shape index (κ2) is 6.23. The Kier molecular flexibility index (Phi) is 4.39. The van der Waals surface area contributed by atoms with E-state index in [1.807, 2.05) is 0 Å². The van der Waals surface area contributed by atoms with Gasteiger partial charge in [-0.1, -0.05) is 11.6 Å². The zero-order valence-corrected chi connectivity index (χ0v) is 11.7. The van der Waals surface area contributed by atoms with Crippen molar-refractivity contribution in [3.8, 4) is 0 Å². The van der Waals surface area contributed by atoms with Crippen LogP contribution in [0.4, 0.5) is 10.5 Å². The van der Waals surface area contributed by atoms with Gasteiger partial charge >= 0.3 is 12.0 Å². The third kappa shape index (κ3) is 3.69. The second-order valence-electron chi connectivity index (χ2n) is 4.19. The minimum atomic E-state index is -1.13. The Morgan fingerprint density at radius 3 is 2.76 bits per heavy atom. The van der Waals surface area contributed by atoms with E-state index in [1.54, 1.807) is 6.92 Å². The second-order valence-corrected chi connectivity index (χ2v) is 4.60. The van der Waals surface area contributed by atoms with Crippen LogP contribution in [0.2, 0.25) is 5.02 Å². The number of rotatable bonds is 4. The maximum atomic E-state index is 11.8. The number of hydrogen-bond acceptors (Lipinski definition) is 4. The van der Waals surface area contributed by atoms with Gasteiger partial charge in [0.25, 0.3) is 0 Å². The lowest BCUT2D eigenvalue weighted by Gasteiger charge is -2.12. The van der Waals surface area contributed by atoms with E-state index < -0.39 is 12.0 Å². The number of nitrogens with zero attached hydrogens (tertiary/aromatic N) is 2. The van der Waals surface area contributed by atoms with Crippen LogP contribution in [0.5, 0.6) is 0 Å². The summed E-state index contributed by atoms with van der Waals surface area (Å²) in [6.07, 6.45) is 1.34. The largest absolute Gasteiger partial charge is 0.478 e. The maximum Gasteiger partial charge on any atom is 0.337 e.